The predicted octanol–water partition coefficient (Wildman–Crippen LogP) is 4.92. The van der Waals surface area contributed by atoms with E-state index in [4.69, 9.17) is 32.7 Å². The number of rotatable bonds is 8. The molecule has 0 heterocycles. The van der Waals surface area contributed by atoms with Crippen molar-refractivity contribution < 1.29 is 22.7 Å². The Balaban J connectivity index is 1.77. The first-order chi connectivity index (χ1) is 15.3. The summed E-state index contributed by atoms with van der Waals surface area (Å²) in [5.74, 6) is -0.227. The Kier molecular flexibility index (Phi) is 7.74. The number of nitrogens with one attached hydrogen (secondary N) is 1. The fourth-order valence-corrected chi connectivity index (χ4v) is 3.89. The number of nitrogens with zero attached hydrogens (tertiary/aromatic N) is 1. The van der Waals surface area contributed by atoms with Crippen LogP contribution in [0.2, 0.25) is 10.0 Å². The van der Waals surface area contributed by atoms with Crippen LogP contribution in [0.4, 0.5) is 0 Å². The first-order valence-electron chi connectivity index (χ1n) is 9.34. The van der Waals surface area contributed by atoms with Gasteiger partial charge < -0.3 is 9.47 Å². The average Bonchev–Trinajstić information content (AvgIpc) is 2.76. The molecule has 0 aromatic heterocycles. The molecule has 166 valence electrons. The third kappa shape index (κ3) is 6.00. The van der Waals surface area contributed by atoms with E-state index in [0.29, 0.717) is 17.2 Å². The number of carbonyl (C=O) groups is 1. The number of hydrogen-bond acceptors (Lipinski definition) is 6. The Bertz CT molecular complexity index is 1250. The lowest BCUT2D eigenvalue weighted by Crippen LogP contribution is -2.18. The Labute approximate surface area is 195 Å². The van der Waals surface area contributed by atoms with Crippen LogP contribution in [-0.2, 0) is 10.0 Å². The molecule has 0 aliphatic rings. The summed E-state index contributed by atoms with van der Waals surface area (Å²) in [5.41, 5.74) is 0.674. The minimum Gasteiger partial charge on any atom is -0.490 e. The fraction of sp³-hybridized carbons (Fsp3) is 0.0909. The monoisotopic (exact) mass is 492 g/mol. The zero-order chi connectivity index (χ0) is 23.1. The second kappa shape index (κ2) is 10.5. The largest absolute Gasteiger partial charge is 0.490 e. The van der Waals surface area contributed by atoms with Crippen LogP contribution in [0.15, 0.2) is 76.7 Å². The average molecular weight is 493 g/mol. The van der Waals surface area contributed by atoms with E-state index in [-0.39, 0.29) is 27.0 Å². The van der Waals surface area contributed by atoms with Gasteiger partial charge in [-0.05, 0) is 61.0 Å². The number of hydrogen-bond donors (Lipinski definition) is 1. The zero-order valence-corrected chi connectivity index (χ0v) is 19.1. The smallest absolute Gasteiger partial charge is 0.345 e. The summed E-state index contributed by atoms with van der Waals surface area (Å²) in [6.07, 6.45) is 1.31. The molecule has 0 bridgehead atoms. The van der Waals surface area contributed by atoms with Crippen molar-refractivity contribution in [2.75, 3.05) is 6.61 Å². The molecule has 0 amide bonds. The van der Waals surface area contributed by atoms with Gasteiger partial charge in [-0.2, -0.15) is 13.5 Å². The highest BCUT2D eigenvalue weighted by molar-refractivity contribution is 7.89. The zero-order valence-electron chi connectivity index (χ0n) is 16.8. The normalized spacial score (nSPS) is 11.3. The van der Waals surface area contributed by atoms with E-state index in [1.807, 2.05) is 0 Å². The summed E-state index contributed by atoms with van der Waals surface area (Å²) in [4.78, 5) is 14.7. The van der Waals surface area contributed by atoms with Crippen molar-refractivity contribution in [3.8, 4) is 11.5 Å². The van der Waals surface area contributed by atoms with Crippen molar-refractivity contribution in [2.45, 2.75) is 11.8 Å². The molecular weight excluding hydrogens is 475 g/mol. The molecule has 0 aliphatic carbocycles. The van der Waals surface area contributed by atoms with Gasteiger partial charge >= 0.3 is 5.97 Å². The van der Waals surface area contributed by atoms with Gasteiger partial charge in [0.1, 0.15) is 0 Å². The van der Waals surface area contributed by atoms with E-state index in [1.54, 1.807) is 37.3 Å². The standard InChI is InChI=1S/C22H18Cl2N2O5S/c1-2-30-21-12-15(14-25-26-32(28,29)17-6-4-3-5-7-17)8-11-20(21)31-22(27)18-10-9-16(23)13-19(18)24/h3-14,26H,2H2,1H3/b25-14-. The van der Waals surface area contributed by atoms with Gasteiger partial charge in [0.15, 0.2) is 11.5 Å². The summed E-state index contributed by atoms with van der Waals surface area (Å²) >= 11 is 11.9. The molecule has 32 heavy (non-hydrogen) atoms. The van der Waals surface area contributed by atoms with Gasteiger partial charge in [0, 0.05) is 5.02 Å². The second-order valence-electron chi connectivity index (χ2n) is 6.32. The van der Waals surface area contributed by atoms with Gasteiger partial charge in [-0.15, -0.1) is 0 Å². The Morgan fingerprint density at radius 1 is 1.03 bits per heavy atom. The molecule has 0 spiro atoms. The molecule has 0 radical (unpaired) electrons. The molecule has 10 heteroatoms. The van der Waals surface area contributed by atoms with Crippen molar-refractivity contribution in [3.63, 3.8) is 0 Å². The van der Waals surface area contributed by atoms with E-state index in [0.717, 1.165) is 0 Å². The number of sulfonamides is 1. The number of hydrazone groups is 1. The molecule has 0 aliphatic heterocycles. The molecule has 0 saturated carbocycles. The van der Waals surface area contributed by atoms with Crippen molar-refractivity contribution >= 4 is 45.4 Å². The molecule has 3 aromatic rings. The molecule has 3 aromatic carbocycles. The molecule has 1 N–H and O–H groups in total. The maximum atomic E-state index is 12.5. The van der Waals surface area contributed by atoms with Crippen LogP contribution in [0.5, 0.6) is 11.5 Å². The van der Waals surface area contributed by atoms with Crippen molar-refractivity contribution in [3.05, 3.63) is 87.9 Å². The molecule has 7 nitrogen and oxygen atoms in total. The van der Waals surface area contributed by atoms with Crippen LogP contribution in [0.3, 0.4) is 0 Å². The van der Waals surface area contributed by atoms with Crippen molar-refractivity contribution in [2.24, 2.45) is 5.10 Å². The summed E-state index contributed by atoms with van der Waals surface area (Å²) in [6.45, 7) is 2.09. The minimum absolute atomic E-state index is 0.0928. The third-order valence-corrected chi connectivity index (χ3v) is 5.85. The molecule has 3 rings (SSSR count). The van der Waals surface area contributed by atoms with Gasteiger partial charge in [-0.25, -0.2) is 9.63 Å². The number of esters is 1. The van der Waals surface area contributed by atoms with Crippen LogP contribution in [0, 0.1) is 0 Å². The van der Waals surface area contributed by atoms with E-state index in [9.17, 15) is 13.2 Å². The highest BCUT2D eigenvalue weighted by atomic mass is 35.5. The SMILES string of the molecule is CCOc1cc(/C=N\NS(=O)(=O)c2ccccc2)ccc1OC(=O)c1ccc(Cl)cc1Cl. The van der Waals surface area contributed by atoms with Crippen LogP contribution >= 0.6 is 23.2 Å². The Morgan fingerprint density at radius 3 is 2.47 bits per heavy atom. The number of carbonyl (C=O) groups excluding carboxylic acids is 1. The maximum absolute atomic E-state index is 12.5. The minimum atomic E-state index is -3.78. The summed E-state index contributed by atoms with van der Waals surface area (Å²) in [5, 5.41) is 4.35. The van der Waals surface area contributed by atoms with E-state index < -0.39 is 16.0 Å². The van der Waals surface area contributed by atoms with Crippen molar-refractivity contribution in [1.82, 2.24) is 4.83 Å². The van der Waals surface area contributed by atoms with Crippen LogP contribution < -0.4 is 14.3 Å². The Morgan fingerprint density at radius 2 is 1.78 bits per heavy atom. The van der Waals surface area contributed by atoms with E-state index >= 15 is 0 Å². The number of benzene rings is 3. The molecule has 0 atom stereocenters. The first-order valence-corrected chi connectivity index (χ1v) is 11.6. The van der Waals surface area contributed by atoms with Gasteiger partial charge in [-0.1, -0.05) is 41.4 Å². The van der Waals surface area contributed by atoms with E-state index in [2.05, 4.69) is 9.93 Å². The van der Waals surface area contributed by atoms with Gasteiger partial charge in [0.25, 0.3) is 10.0 Å². The fourth-order valence-electron chi connectivity index (χ4n) is 2.59. The molecule has 0 fully saturated rings. The summed E-state index contributed by atoms with van der Waals surface area (Å²) in [7, 11) is -3.78. The van der Waals surface area contributed by atoms with Crippen LogP contribution in [0.1, 0.15) is 22.8 Å². The molecule has 0 unspecified atom stereocenters. The summed E-state index contributed by atoms with van der Waals surface area (Å²) < 4.78 is 35.4. The topological polar surface area (TPSA) is 94.1 Å². The highest BCUT2D eigenvalue weighted by Crippen LogP contribution is 2.30. The van der Waals surface area contributed by atoms with E-state index in [1.165, 1.54) is 42.6 Å². The summed E-state index contributed by atoms with van der Waals surface area (Å²) in [6, 6.07) is 17.0. The highest BCUT2D eigenvalue weighted by Gasteiger charge is 2.16. The van der Waals surface area contributed by atoms with Gasteiger partial charge in [0.05, 0.1) is 28.3 Å². The predicted molar refractivity (Wildman–Crippen MR) is 123 cm³/mol. The van der Waals surface area contributed by atoms with Crippen molar-refractivity contribution in [1.29, 1.82) is 0 Å². The Hall–Kier alpha value is -3.07. The van der Waals surface area contributed by atoms with Crippen LogP contribution in [0.25, 0.3) is 0 Å². The molecule has 0 saturated heterocycles. The third-order valence-electron chi connectivity index (χ3n) is 4.06. The number of ether oxygens (including phenoxy) is 2. The quantitative estimate of drug-likeness (QED) is 0.208. The lowest BCUT2D eigenvalue weighted by atomic mass is 10.2. The van der Waals surface area contributed by atoms with Gasteiger partial charge in [-0.3, -0.25) is 0 Å². The number of halogens is 2. The lowest BCUT2D eigenvalue weighted by Gasteiger charge is -2.12. The lowest BCUT2D eigenvalue weighted by molar-refractivity contribution is 0.0728. The first kappa shape index (κ1) is 23.6. The van der Waals surface area contributed by atoms with Crippen LogP contribution in [-0.4, -0.2) is 27.2 Å². The molecular formula is C22H18Cl2N2O5S. The maximum Gasteiger partial charge on any atom is 0.345 e. The van der Waals surface area contributed by atoms with Gasteiger partial charge in [0.2, 0.25) is 0 Å². The second-order valence-corrected chi connectivity index (χ2v) is 8.82.